The van der Waals surface area contributed by atoms with Gasteiger partial charge in [-0.15, -0.1) is 0 Å². The molecule has 0 amide bonds. The first-order valence-electron chi connectivity index (χ1n) is 13.4. The lowest BCUT2D eigenvalue weighted by molar-refractivity contribution is 0.197. The molecular weight excluding hydrogens is 462 g/mol. The number of para-hydroxylation sites is 1. The molecule has 0 spiro atoms. The number of unbranched alkanes of at least 4 members (excludes halogenated alkanes) is 9. The van der Waals surface area contributed by atoms with Crippen molar-refractivity contribution in [3.8, 4) is 0 Å². The largest absolute Gasteiger partial charge is 0.483 e. The summed E-state index contributed by atoms with van der Waals surface area (Å²) >= 11 is 5.30. The summed E-state index contributed by atoms with van der Waals surface area (Å²) in [7, 11) is -3.65. The Labute approximate surface area is 215 Å². The van der Waals surface area contributed by atoms with Gasteiger partial charge in [-0.3, -0.25) is 4.72 Å². The number of benzene rings is 1. The topological polar surface area (TPSA) is 55.4 Å². The van der Waals surface area contributed by atoms with E-state index < -0.39 is 10.0 Å². The van der Waals surface area contributed by atoms with E-state index >= 15 is 0 Å². The summed E-state index contributed by atoms with van der Waals surface area (Å²) in [4.78, 5) is 0. The molecular formula is C28H49NO3S2. The molecule has 1 aromatic rings. The van der Waals surface area contributed by atoms with Gasteiger partial charge in [0, 0.05) is 0 Å². The van der Waals surface area contributed by atoms with E-state index in [9.17, 15) is 8.42 Å². The van der Waals surface area contributed by atoms with Crippen molar-refractivity contribution in [2.24, 2.45) is 0 Å². The van der Waals surface area contributed by atoms with E-state index in [1.165, 1.54) is 57.8 Å². The minimum atomic E-state index is -3.65. The summed E-state index contributed by atoms with van der Waals surface area (Å²) in [5, 5.41) is 0.139. The first kappa shape index (κ1) is 30.9. The van der Waals surface area contributed by atoms with E-state index in [1.807, 2.05) is 25.1 Å². The molecule has 0 heterocycles. The van der Waals surface area contributed by atoms with Gasteiger partial charge in [0.1, 0.15) is 5.75 Å². The highest BCUT2D eigenvalue weighted by Crippen LogP contribution is 2.33. The number of hydrogen-bond acceptors (Lipinski definition) is 4. The summed E-state index contributed by atoms with van der Waals surface area (Å²) in [6.45, 7) is 12.5. The second-order valence-corrected chi connectivity index (χ2v) is 12.4. The minimum absolute atomic E-state index is 0.0640. The number of anilines is 1. The lowest BCUT2D eigenvalue weighted by Gasteiger charge is -2.21. The monoisotopic (exact) mass is 511 g/mol. The third-order valence-corrected chi connectivity index (χ3v) is 7.82. The zero-order valence-corrected chi connectivity index (χ0v) is 24.1. The second-order valence-electron chi connectivity index (χ2n) is 10.3. The van der Waals surface area contributed by atoms with E-state index in [0.29, 0.717) is 5.69 Å². The van der Waals surface area contributed by atoms with Crippen LogP contribution >= 0.6 is 12.2 Å². The Hall–Kier alpha value is -1.14. The summed E-state index contributed by atoms with van der Waals surface area (Å²) in [6, 6.07) is 5.96. The molecule has 1 aromatic carbocycles. The van der Waals surface area contributed by atoms with Crippen LogP contribution in [0.1, 0.15) is 135 Å². The number of thiocarbonyl (C=S) groups is 1. The molecule has 34 heavy (non-hydrogen) atoms. The van der Waals surface area contributed by atoms with Crippen LogP contribution in [0.25, 0.3) is 0 Å². The van der Waals surface area contributed by atoms with Crippen LogP contribution < -0.4 is 4.72 Å². The van der Waals surface area contributed by atoms with Gasteiger partial charge in [0.25, 0.3) is 0 Å². The van der Waals surface area contributed by atoms with Crippen molar-refractivity contribution in [3.63, 3.8) is 0 Å². The average Bonchev–Trinajstić information content (AvgIpc) is 2.73. The van der Waals surface area contributed by atoms with Crippen molar-refractivity contribution in [2.75, 3.05) is 10.5 Å². The third-order valence-electron chi connectivity index (χ3n) is 6.24. The molecule has 0 aliphatic heterocycles. The molecule has 6 heteroatoms. The predicted molar refractivity (Wildman–Crippen MR) is 152 cm³/mol. The maximum atomic E-state index is 12.9. The maximum Gasteiger partial charge on any atom is 0.240 e. The molecule has 0 bridgehead atoms. The minimum Gasteiger partial charge on any atom is -0.483 e. The normalized spacial score (nSPS) is 12.8. The summed E-state index contributed by atoms with van der Waals surface area (Å²) in [6.07, 6.45) is 13.8. The van der Waals surface area contributed by atoms with Crippen LogP contribution in [0.4, 0.5) is 5.69 Å². The van der Waals surface area contributed by atoms with Gasteiger partial charge in [-0.25, -0.2) is 8.42 Å². The van der Waals surface area contributed by atoms with E-state index in [2.05, 4.69) is 39.3 Å². The highest BCUT2D eigenvalue weighted by molar-refractivity contribution is 7.95. The highest BCUT2D eigenvalue weighted by atomic mass is 32.2. The maximum absolute atomic E-state index is 12.9. The van der Waals surface area contributed by atoms with Crippen LogP contribution in [0.15, 0.2) is 18.2 Å². The summed E-state index contributed by atoms with van der Waals surface area (Å²) in [5.74, 6) is 0.121. The molecule has 0 aliphatic carbocycles. The molecule has 1 atom stereocenters. The Morgan fingerprint density at radius 3 is 1.79 bits per heavy atom. The fourth-order valence-electron chi connectivity index (χ4n) is 4.25. The van der Waals surface area contributed by atoms with Crippen LogP contribution in [0.2, 0.25) is 0 Å². The van der Waals surface area contributed by atoms with E-state index in [-0.39, 0.29) is 28.7 Å². The third kappa shape index (κ3) is 12.5. The van der Waals surface area contributed by atoms with Crippen molar-refractivity contribution in [1.29, 1.82) is 0 Å². The Balaban J connectivity index is 2.43. The van der Waals surface area contributed by atoms with Crippen molar-refractivity contribution in [2.45, 2.75) is 130 Å². The molecule has 0 aromatic heterocycles. The quantitative estimate of drug-likeness (QED) is 0.158. The molecule has 0 aliphatic rings. The number of rotatable bonds is 18. The Bertz CT molecular complexity index is 793. The zero-order chi connectivity index (χ0) is 25.6. The lowest BCUT2D eigenvalue weighted by atomic mass is 9.93. The fraction of sp³-hybridized carbons (Fsp3) is 0.750. The molecule has 1 N–H and O–H groups in total. The van der Waals surface area contributed by atoms with Gasteiger partial charge in [0.05, 0.1) is 11.8 Å². The van der Waals surface area contributed by atoms with Crippen LogP contribution in [0.3, 0.4) is 0 Å². The average molecular weight is 512 g/mol. The van der Waals surface area contributed by atoms with Crippen LogP contribution in [0.5, 0.6) is 0 Å². The molecule has 196 valence electrons. The van der Waals surface area contributed by atoms with Gasteiger partial charge in [-0.05, 0) is 54.9 Å². The molecule has 0 saturated heterocycles. The highest BCUT2D eigenvalue weighted by Gasteiger charge is 2.21. The molecule has 1 unspecified atom stereocenters. The van der Waals surface area contributed by atoms with Gasteiger partial charge in [-0.2, -0.15) is 0 Å². The second kappa shape index (κ2) is 16.5. The van der Waals surface area contributed by atoms with Crippen molar-refractivity contribution < 1.29 is 13.2 Å². The Morgan fingerprint density at radius 1 is 0.853 bits per heavy atom. The first-order chi connectivity index (χ1) is 16.1. The SMILES string of the molecule is CCCCCCCCCCCCC(C)OC(=S)CS(=O)(=O)Nc1c(C(C)C)cccc1C(C)C. The van der Waals surface area contributed by atoms with Gasteiger partial charge in [-0.1, -0.05) is 111 Å². The number of nitrogens with one attached hydrogen (secondary N) is 1. The lowest BCUT2D eigenvalue weighted by Crippen LogP contribution is -2.26. The molecule has 0 radical (unpaired) electrons. The molecule has 0 fully saturated rings. The Morgan fingerprint density at radius 2 is 1.32 bits per heavy atom. The standard InChI is InChI=1S/C28H49NO3S2/c1-7-8-9-10-11-12-13-14-15-16-18-24(6)32-27(33)21-34(30,31)29-28-25(22(2)3)19-17-20-26(28)23(4)5/h17,19-20,22-24,29H,7-16,18,21H2,1-6H3. The first-order valence-corrected chi connectivity index (χ1v) is 15.5. The van der Waals surface area contributed by atoms with Gasteiger partial charge in [0.15, 0.2) is 5.05 Å². The van der Waals surface area contributed by atoms with Crippen LogP contribution in [-0.2, 0) is 14.8 Å². The van der Waals surface area contributed by atoms with Crippen molar-refractivity contribution in [3.05, 3.63) is 29.3 Å². The Kier molecular flexibility index (Phi) is 15.0. The predicted octanol–water partition coefficient (Wildman–Crippen LogP) is 8.72. The van der Waals surface area contributed by atoms with Crippen LogP contribution in [-0.4, -0.2) is 25.3 Å². The smallest absolute Gasteiger partial charge is 0.240 e. The van der Waals surface area contributed by atoms with Crippen LogP contribution in [0, 0.1) is 0 Å². The molecule has 1 rings (SSSR count). The number of sulfonamides is 1. The van der Waals surface area contributed by atoms with Gasteiger partial charge < -0.3 is 4.74 Å². The number of hydrogen-bond donors (Lipinski definition) is 1. The molecule has 0 saturated carbocycles. The summed E-state index contributed by atoms with van der Waals surface area (Å²) < 4.78 is 34.4. The van der Waals surface area contributed by atoms with Crippen molar-refractivity contribution >= 4 is 33.0 Å². The summed E-state index contributed by atoms with van der Waals surface area (Å²) in [5.41, 5.74) is 2.68. The zero-order valence-electron chi connectivity index (χ0n) is 22.5. The van der Waals surface area contributed by atoms with E-state index in [1.54, 1.807) is 0 Å². The van der Waals surface area contributed by atoms with Gasteiger partial charge in [0.2, 0.25) is 10.0 Å². The molecule has 4 nitrogen and oxygen atoms in total. The fourth-order valence-corrected chi connectivity index (χ4v) is 5.88. The number of ether oxygens (including phenoxy) is 1. The van der Waals surface area contributed by atoms with Crippen molar-refractivity contribution in [1.82, 2.24) is 0 Å². The van der Waals surface area contributed by atoms with E-state index in [0.717, 1.165) is 24.0 Å². The van der Waals surface area contributed by atoms with Gasteiger partial charge >= 0.3 is 0 Å². The van der Waals surface area contributed by atoms with E-state index in [4.69, 9.17) is 17.0 Å².